The van der Waals surface area contributed by atoms with Gasteiger partial charge in [-0.05, 0) is 13.1 Å². The minimum Gasteiger partial charge on any atom is -0.413 e. The zero-order valence-electron chi connectivity index (χ0n) is 4.60. The molecule has 0 unspecified atom stereocenters. The second-order valence-corrected chi connectivity index (χ2v) is 3.93. The first-order chi connectivity index (χ1) is 3.27. The number of hydrogen-bond acceptors (Lipinski definition) is 2. The summed E-state index contributed by atoms with van der Waals surface area (Å²) < 4.78 is 4.91. The zero-order valence-corrected chi connectivity index (χ0v) is 5.76. The molecule has 1 radical (unpaired) electrons. The highest BCUT2D eigenvalue weighted by Gasteiger charge is 1.91. The Balaban J connectivity index is 2.81. The van der Waals surface area contributed by atoms with E-state index in [9.17, 15) is 4.79 Å². The van der Waals surface area contributed by atoms with Crippen LogP contribution in [0.5, 0.6) is 0 Å². The highest BCUT2D eigenvalue weighted by Crippen LogP contribution is 1.78. The summed E-state index contributed by atoms with van der Waals surface area (Å²) in [4.78, 5) is 9.48. The predicted molar refractivity (Wildman–Crippen MR) is 30.5 cm³/mol. The molecule has 0 aliphatic rings. The van der Waals surface area contributed by atoms with Gasteiger partial charge in [-0.1, -0.05) is 0 Å². The van der Waals surface area contributed by atoms with Crippen molar-refractivity contribution in [3.63, 3.8) is 0 Å². The Labute approximate surface area is 45.2 Å². The second kappa shape index (κ2) is 4.02. The molecule has 0 spiro atoms. The Kier molecular flexibility index (Phi) is 3.93. The lowest BCUT2D eigenvalue weighted by Gasteiger charge is -1.97. The molecule has 0 atom stereocenters. The highest BCUT2D eigenvalue weighted by atomic mass is 28.3. The van der Waals surface area contributed by atoms with Gasteiger partial charge in [0.15, 0.2) is 9.04 Å². The molecule has 41 valence electrons. The van der Waals surface area contributed by atoms with Crippen LogP contribution in [-0.2, 0) is 9.22 Å². The summed E-state index contributed by atoms with van der Waals surface area (Å²) in [5.41, 5.74) is 0. The Morgan fingerprint density at radius 3 is 2.43 bits per heavy atom. The summed E-state index contributed by atoms with van der Waals surface area (Å²) >= 11 is 0. The molecule has 0 aliphatic heterocycles. The first-order valence-corrected chi connectivity index (χ1v) is 5.02. The molecule has 0 saturated carbocycles. The third kappa shape index (κ3) is 5.85. The van der Waals surface area contributed by atoms with Crippen LogP contribution in [-0.4, -0.2) is 21.9 Å². The minimum atomic E-state index is -0.951. The maximum absolute atomic E-state index is 9.48. The van der Waals surface area contributed by atoms with Crippen molar-refractivity contribution in [3.8, 4) is 0 Å². The monoisotopic (exact) mass is 117 g/mol. The van der Waals surface area contributed by atoms with E-state index in [1.807, 2.05) is 13.1 Å². The van der Waals surface area contributed by atoms with E-state index in [1.165, 1.54) is 0 Å². The van der Waals surface area contributed by atoms with Crippen molar-refractivity contribution in [2.45, 2.75) is 13.1 Å². The van der Waals surface area contributed by atoms with Crippen molar-refractivity contribution in [2.24, 2.45) is 0 Å². The molecule has 0 aliphatic carbocycles. The van der Waals surface area contributed by atoms with Gasteiger partial charge in [0.2, 0.25) is 6.29 Å². The maximum Gasteiger partial charge on any atom is 0.225 e. The SMILES string of the molecule is C[SiH](C)OC[C]=O. The second-order valence-electron chi connectivity index (χ2n) is 1.50. The maximum atomic E-state index is 9.48. The molecule has 0 fully saturated rings. The molecule has 0 aromatic rings. The average Bonchev–Trinajstić information content (AvgIpc) is 1.61. The molecule has 0 rings (SSSR count). The summed E-state index contributed by atoms with van der Waals surface area (Å²) in [6.07, 6.45) is 1.66. The summed E-state index contributed by atoms with van der Waals surface area (Å²) in [6.45, 7) is 4.18. The molecular weight excluding hydrogens is 108 g/mol. The number of carbonyl (C=O) groups excluding carboxylic acids is 1. The molecule has 0 amide bonds. The van der Waals surface area contributed by atoms with Gasteiger partial charge in [-0.25, -0.2) is 0 Å². The van der Waals surface area contributed by atoms with Gasteiger partial charge in [-0.2, -0.15) is 0 Å². The molecule has 0 N–H and O–H groups in total. The average molecular weight is 117 g/mol. The minimum absolute atomic E-state index is 0.157. The van der Waals surface area contributed by atoms with Crippen molar-refractivity contribution in [1.29, 1.82) is 0 Å². The topological polar surface area (TPSA) is 26.3 Å². The van der Waals surface area contributed by atoms with Crippen LogP contribution in [0.15, 0.2) is 0 Å². The third-order valence-corrected chi connectivity index (χ3v) is 1.31. The van der Waals surface area contributed by atoms with Crippen LogP contribution in [0.25, 0.3) is 0 Å². The van der Waals surface area contributed by atoms with Gasteiger partial charge < -0.3 is 4.43 Å². The van der Waals surface area contributed by atoms with E-state index in [1.54, 1.807) is 6.29 Å². The van der Waals surface area contributed by atoms with Gasteiger partial charge in [0.1, 0.15) is 6.61 Å². The summed E-state index contributed by atoms with van der Waals surface area (Å²) in [7, 11) is -0.951. The lowest BCUT2D eigenvalue weighted by atomic mass is 10.9. The highest BCUT2D eigenvalue weighted by molar-refractivity contribution is 6.48. The van der Waals surface area contributed by atoms with Crippen LogP contribution in [0.4, 0.5) is 0 Å². The normalized spacial score (nSPS) is 9.57. The van der Waals surface area contributed by atoms with Gasteiger partial charge in [0.25, 0.3) is 0 Å². The number of rotatable bonds is 3. The largest absolute Gasteiger partial charge is 0.413 e. The van der Waals surface area contributed by atoms with E-state index < -0.39 is 9.04 Å². The molecule has 0 heterocycles. The van der Waals surface area contributed by atoms with Crippen molar-refractivity contribution in [2.75, 3.05) is 6.61 Å². The van der Waals surface area contributed by atoms with Gasteiger partial charge in [-0.3, -0.25) is 4.79 Å². The van der Waals surface area contributed by atoms with Crippen LogP contribution in [0.3, 0.4) is 0 Å². The van der Waals surface area contributed by atoms with Gasteiger partial charge in [0.05, 0.1) is 0 Å². The van der Waals surface area contributed by atoms with Crippen LogP contribution in [0, 0.1) is 0 Å². The first kappa shape index (κ1) is 6.85. The van der Waals surface area contributed by atoms with E-state index in [-0.39, 0.29) is 6.61 Å². The van der Waals surface area contributed by atoms with Crippen molar-refractivity contribution >= 4 is 15.3 Å². The first-order valence-electron chi connectivity index (χ1n) is 2.24. The van der Waals surface area contributed by atoms with Crippen molar-refractivity contribution < 1.29 is 9.22 Å². The van der Waals surface area contributed by atoms with Crippen molar-refractivity contribution in [1.82, 2.24) is 0 Å². The fourth-order valence-corrected chi connectivity index (χ4v) is 0.602. The van der Waals surface area contributed by atoms with Crippen LogP contribution in [0.1, 0.15) is 0 Å². The lowest BCUT2D eigenvalue weighted by molar-refractivity contribution is 0.375. The molecule has 0 aromatic heterocycles. The Bertz CT molecular complexity index is 53.7. The van der Waals surface area contributed by atoms with E-state index in [2.05, 4.69) is 0 Å². The van der Waals surface area contributed by atoms with Crippen LogP contribution in [0.2, 0.25) is 13.1 Å². The summed E-state index contributed by atoms with van der Waals surface area (Å²) in [5.74, 6) is 0. The zero-order chi connectivity index (χ0) is 5.70. The Hall–Kier alpha value is -0.153. The van der Waals surface area contributed by atoms with E-state index >= 15 is 0 Å². The molecule has 3 heteroatoms. The quantitative estimate of drug-likeness (QED) is 0.490. The molecule has 0 bridgehead atoms. The van der Waals surface area contributed by atoms with Gasteiger partial charge >= 0.3 is 0 Å². The lowest BCUT2D eigenvalue weighted by Crippen LogP contribution is -2.08. The molecule has 0 aromatic carbocycles. The van der Waals surface area contributed by atoms with Gasteiger partial charge in [-0.15, -0.1) is 0 Å². The standard InChI is InChI=1S/C4H9O2Si/c1-7(2)6-4-3-5/h7H,4H2,1-2H3. The fourth-order valence-electron chi connectivity index (χ4n) is 0.201. The molecular formula is C4H9O2Si. The van der Waals surface area contributed by atoms with Crippen LogP contribution < -0.4 is 0 Å². The van der Waals surface area contributed by atoms with E-state index in [0.29, 0.717) is 0 Å². The fraction of sp³-hybridized carbons (Fsp3) is 0.750. The Morgan fingerprint density at radius 1 is 1.71 bits per heavy atom. The molecule has 0 saturated heterocycles. The van der Waals surface area contributed by atoms with Crippen LogP contribution >= 0.6 is 0 Å². The molecule has 7 heavy (non-hydrogen) atoms. The van der Waals surface area contributed by atoms with Crippen molar-refractivity contribution in [3.05, 3.63) is 0 Å². The van der Waals surface area contributed by atoms with Gasteiger partial charge in [0, 0.05) is 0 Å². The smallest absolute Gasteiger partial charge is 0.225 e. The van der Waals surface area contributed by atoms with E-state index in [0.717, 1.165) is 0 Å². The summed E-state index contributed by atoms with van der Waals surface area (Å²) in [6, 6.07) is 0. The third-order valence-electron chi connectivity index (χ3n) is 0.476. The number of hydrogen-bond donors (Lipinski definition) is 0. The predicted octanol–water partition coefficient (Wildman–Crippen LogP) is 0.0961. The van der Waals surface area contributed by atoms with E-state index in [4.69, 9.17) is 4.43 Å². The summed E-state index contributed by atoms with van der Waals surface area (Å²) in [5, 5.41) is 0. The Morgan fingerprint density at radius 2 is 2.29 bits per heavy atom. The molecule has 2 nitrogen and oxygen atoms in total.